The number of amides is 1. The van der Waals surface area contributed by atoms with Crippen LogP contribution in [0.5, 0.6) is 5.75 Å². The second-order valence-electron chi connectivity index (χ2n) is 6.28. The minimum atomic E-state index is -4.80. The van der Waals surface area contributed by atoms with E-state index in [0.29, 0.717) is 23.1 Å². The third kappa shape index (κ3) is 3.04. The van der Waals surface area contributed by atoms with Crippen molar-refractivity contribution >= 4 is 39.1 Å². The van der Waals surface area contributed by atoms with Crippen molar-refractivity contribution in [2.24, 2.45) is 0 Å². The monoisotopic (exact) mass is 435 g/mol. The van der Waals surface area contributed by atoms with E-state index in [1.807, 2.05) is 4.90 Å². The van der Waals surface area contributed by atoms with E-state index in [4.69, 9.17) is 4.42 Å². The van der Waals surface area contributed by atoms with Crippen LogP contribution in [0, 0.1) is 0 Å². The van der Waals surface area contributed by atoms with Gasteiger partial charge in [0.05, 0.1) is 16.6 Å². The van der Waals surface area contributed by atoms with Crippen LogP contribution < -0.4 is 9.64 Å². The predicted molar refractivity (Wildman–Crippen MR) is 87.3 cm³/mol. The Bertz CT molecular complexity index is 858. The molecule has 0 spiro atoms. The molecular weight excluding hydrogens is 423 g/mol. The molecule has 1 N–H and O–H groups in total. The van der Waals surface area contributed by atoms with Crippen molar-refractivity contribution in [1.82, 2.24) is 9.88 Å². The Morgan fingerprint density at radius 2 is 1.96 bits per heavy atom. The van der Waals surface area contributed by atoms with Crippen LogP contribution in [-0.2, 0) is 0 Å². The van der Waals surface area contributed by atoms with E-state index in [2.05, 4.69) is 25.7 Å². The summed E-state index contributed by atoms with van der Waals surface area (Å²) in [6.45, 7) is 0.859. The Morgan fingerprint density at radius 3 is 2.54 bits per heavy atom. The van der Waals surface area contributed by atoms with E-state index < -0.39 is 18.2 Å². The third-order valence-electron chi connectivity index (χ3n) is 4.61. The minimum Gasteiger partial charge on any atom is -0.465 e. The van der Waals surface area contributed by atoms with Crippen molar-refractivity contribution in [3.63, 3.8) is 0 Å². The van der Waals surface area contributed by atoms with Gasteiger partial charge in [0, 0.05) is 19.2 Å². The summed E-state index contributed by atoms with van der Waals surface area (Å²) in [4.78, 5) is 18.9. The standard InChI is InChI=1S/C15H13BrF3N3O4/c16-10-3-9(26-15(17,18)19)4-11-12(10)25-13(20-11)21-5-7-1-2-8(6-21)22(7)14(23)24/h3-4,7-8H,1-2,5-6H2,(H,23,24). The Kier molecular flexibility index (Phi) is 3.94. The molecule has 4 rings (SSSR count). The third-order valence-corrected chi connectivity index (χ3v) is 5.20. The number of oxazole rings is 1. The molecule has 1 aromatic carbocycles. The zero-order valence-corrected chi connectivity index (χ0v) is 14.7. The molecule has 1 aromatic heterocycles. The van der Waals surface area contributed by atoms with Gasteiger partial charge in [-0.25, -0.2) is 4.79 Å². The zero-order chi connectivity index (χ0) is 18.6. The lowest BCUT2D eigenvalue weighted by atomic mass is 10.2. The molecule has 2 saturated heterocycles. The van der Waals surface area contributed by atoms with Crippen LogP contribution in [0.4, 0.5) is 24.0 Å². The number of carboxylic acid groups (broad SMARTS) is 1. The number of benzene rings is 1. The average molecular weight is 436 g/mol. The maximum atomic E-state index is 12.4. The molecular formula is C15H13BrF3N3O4. The Balaban J connectivity index is 1.62. The van der Waals surface area contributed by atoms with Gasteiger partial charge >= 0.3 is 12.5 Å². The zero-order valence-electron chi connectivity index (χ0n) is 13.2. The first-order valence-electron chi connectivity index (χ1n) is 7.83. The van der Waals surface area contributed by atoms with Crippen LogP contribution >= 0.6 is 15.9 Å². The van der Waals surface area contributed by atoms with Gasteiger partial charge in [-0.3, -0.25) is 4.90 Å². The fourth-order valence-corrected chi connectivity index (χ4v) is 4.16. The van der Waals surface area contributed by atoms with Crippen molar-refractivity contribution in [3.05, 3.63) is 16.6 Å². The Hall–Kier alpha value is -2.17. The van der Waals surface area contributed by atoms with Gasteiger partial charge in [0.25, 0.3) is 6.01 Å². The predicted octanol–water partition coefficient (Wildman–Crippen LogP) is 3.82. The largest absolute Gasteiger partial charge is 0.573 e. The van der Waals surface area contributed by atoms with Crippen LogP contribution in [-0.4, -0.2) is 52.6 Å². The molecule has 2 unspecified atom stereocenters. The fraction of sp³-hybridized carbons (Fsp3) is 0.467. The number of piperazine rings is 1. The number of alkyl halides is 3. The Morgan fingerprint density at radius 1 is 1.31 bits per heavy atom. The normalized spacial score (nSPS) is 22.9. The highest BCUT2D eigenvalue weighted by molar-refractivity contribution is 9.10. The number of hydrogen-bond acceptors (Lipinski definition) is 5. The molecule has 2 bridgehead atoms. The van der Waals surface area contributed by atoms with Gasteiger partial charge in [0.1, 0.15) is 11.3 Å². The Labute approximate surface area is 153 Å². The summed E-state index contributed by atoms with van der Waals surface area (Å²) >= 11 is 3.17. The van der Waals surface area contributed by atoms with Gasteiger partial charge in [0.15, 0.2) is 5.58 Å². The lowest BCUT2D eigenvalue weighted by Crippen LogP contribution is -2.55. The van der Waals surface area contributed by atoms with Crippen molar-refractivity contribution < 1.29 is 32.2 Å². The number of anilines is 1. The first-order chi connectivity index (χ1) is 12.2. The molecule has 2 aliphatic rings. The van der Waals surface area contributed by atoms with Crippen LogP contribution in [0.25, 0.3) is 11.1 Å². The van der Waals surface area contributed by atoms with Crippen molar-refractivity contribution in [1.29, 1.82) is 0 Å². The average Bonchev–Trinajstić information content (AvgIpc) is 3.05. The number of nitrogens with zero attached hydrogens (tertiary/aromatic N) is 3. The molecule has 26 heavy (non-hydrogen) atoms. The molecule has 11 heteroatoms. The van der Waals surface area contributed by atoms with E-state index in [1.54, 1.807) is 0 Å². The first-order valence-corrected chi connectivity index (χ1v) is 8.62. The smallest absolute Gasteiger partial charge is 0.465 e. The van der Waals surface area contributed by atoms with Gasteiger partial charge in [-0.05, 0) is 34.8 Å². The van der Waals surface area contributed by atoms with Crippen LogP contribution in [0.3, 0.4) is 0 Å². The summed E-state index contributed by atoms with van der Waals surface area (Å²) < 4.78 is 47.2. The van der Waals surface area contributed by atoms with Crippen molar-refractivity contribution in [2.75, 3.05) is 18.0 Å². The lowest BCUT2D eigenvalue weighted by Gasteiger charge is -2.38. The molecule has 2 aliphatic heterocycles. The number of halogens is 4. The molecule has 0 saturated carbocycles. The highest BCUT2D eigenvalue weighted by atomic mass is 79.9. The molecule has 2 fully saturated rings. The van der Waals surface area contributed by atoms with Crippen molar-refractivity contribution in [2.45, 2.75) is 31.3 Å². The molecule has 3 heterocycles. The SMILES string of the molecule is O=C(O)N1C2CCC1CN(c1nc3cc(OC(F)(F)F)cc(Br)c3o1)C2. The van der Waals surface area contributed by atoms with E-state index >= 15 is 0 Å². The van der Waals surface area contributed by atoms with E-state index in [0.717, 1.165) is 25.0 Å². The van der Waals surface area contributed by atoms with Gasteiger partial charge in [0.2, 0.25) is 0 Å². The maximum absolute atomic E-state index is 12.4. The van der Waals surface area contributed by atoms with Gasteiger partial charge in [-0.1, -0.05) is 0 Å². The van der Waals surface area contributed by atoms with E-state index in [-0.39, 0.29) is 23.6 Å². The summed E-state index contributed by atoms with van der Waals surface area (Å²) in [6, 6.07) is 2.29. The minimum absolute atomic E-state index is 0.145. The number of aromatic nitrogens is 1. The summed E-state index contributed by atoms with van der Waals surface area (Å²) in [7, 11) is 0. The summed E-state index contributed by atoms with van der Waals surface area (Å²) in [5, 5.41) is 9.31. The number of fused-ring (bicyclic) bond motifs is 3. The summed E-state index contributed by atoms with van der Waals surface area (Å²) in [5.41, 5.74) is 0.532. The van der Waals surface area contributed by atoms with E-state index in [9.17, 15) is 23.1 Å². The van der Waals surface area contributed by atoms with Gasteiger partial charge < -0.3 is 19.2 Å². The second kappa shape index (κ2) is 5.93. The number of hydrogen-bond donors (Lipinski definition) is 1. The first kappa shape index (κ1) is 17.3. The molecule has 0 radical (unpaired) electrons. The van der Waals surface area contributed by atoms with Crippen LogP contribution in [0.15, 0.2) is 21.0 Å². The fourth-order valence-electron chi connectivity index (χ4n) is 3.66. The highest BCUT2D eigenvalue weighted by Crippen LogP contribution is 2.37. The van der Waals surface area contributed by atoms with Crippen LogP contribution in [0.2, 0.25) is 0 Å². The topological polar surface area (TPSA) is 79.0 Å². The number of rotatable bonds is 2. The molecule has 0 aliphatic carbocycles. The van der Waals surface area contributed by atoms with E-state index in [1.165, 1.54) is 4.90 Å². The van der Waals surface area contributed by atoms with Crippen molar-refractivity contribution in [3.8, 4) is 5.75 Å². The summed E-state index contributed by atoms with van der Waals surface area (Å²) in [6.07, 6.45) is -4.21. The van der Waals surface area contributed by atoms with Gasteiger partial charge in [-0.15, -0.1) is 13.2 Å². The van der Waals surface area contributed by atoms with Crippen LogP contribution in [0.1, 0.15) is 12.8 Å². The molecule has 1 amide bonds. The highest BCUT2D eigenvalue weighted by Gasteiger charge is 2.43. The molecule has 7 nitrogen and oxygen atoms in total. The molecule has 140 valence electrons. The quantitative estimate of drug-likeness (QED) is 0.772. The molecule has 2 atom stereocenters. The second-order valence-corrected chi connectivity index (χ2v) is 7.13. The number of carbonyl (C=O) groups is 1. The maximum Gasteiger partial charge on any atom is 0.573 e. The van der Waals surface area contributed by atoms with Gasteiger partial charge in [-0.2, -0.15) is 4.98 Å². The molecule has 2 aromatic rings. The number of ether oxygens (including phenoxy) is 1. The lowest BCUT2D eigenvalue weighted by molar-refractivity contribution is -0.274. The summed E-state index contributed by atoms with van der Waals surface area (Å²) in [5.74, 6) is -0.396.